The van der Waals surface area contributed by atoms with Gasteiger partial charge in [-0.15, -0.1) is 0 Å². The lowest BCUT2D eigenvalue weighted by Crippen LogP contribution is -2.49. The molecule has 1 aromatic rings. The summed E-state index contributed by atoms with van der Waals surface area (Å²) in [6, 6.07) is 8.31. The number of aromatic hydroxyl groups is 1. The van der Waals surface area contributed by atoms with Crippen LogP contribution >= 0.6 is 11.8 Å². The van der Waals surface area contributed by atoms with E-state index in [1.165, 1.54) is 17.7 Å². The molecule has 0 bridgehead atoms. The Hall–Kier alpha value is -0.710. The van der Waals surface area contributed by atoms with Crippen molar-refractivity contribution in [3.05, 3.63) is 29.8 Å². The standard InChI is InChI=1S/C16H26N2OS/c1-14(6-11-20-2)18-9-7-17(8-10-18)13-15-4-3-5-16(19)12-15/h3-5,12,14,19H,6-11,13H2,1-2H3. The second kappa shape index (κ2) is 7.91. The van der Waals surface area contributed by atoms with E-state index in [4.69, 9.17) is 0 Å². The number of phenolic OH excluding ortho intramolecular Hbond substituents is 1. The van der Waals surface area contributed by atoms with Crippen molar-refractivity contribution in [3.8, 4) is 5.75 Å². The van der Waals surface area contributed by atoms with Crippen molar-refractivity contribution < 1.29 is 5.11 Å². The molecule has 1 aromatic carbocycles. The van der Waals surface area contributed by atoms with Crippen LogP contribution in [-0.4, -0.2) is 59.1 Å². The number of hydrogen-bond acceptors (Lipinski definition) is 4. The van der Waals surface area contributed by atoms with Crippen molar-refractivity contribution in [2.75, 3.05) is 38.2 Å². The molecule has 0 aliphatic carbocycles. The van der Waals surface area contributed by atoms with E-state index in [-0.39, 0.29) is 0 Å². The first-order valence-electron chi connectivity index (χ1n) is 7.42. The lowest BCUT2D eigenvalue weighted by atomic mass is 10.1. The number of nitrogens with zero attached hydrogens (tertiary/aromatic N) is 2. The highest BCUT2D eigenvalue weighted by molar-refractivity contribution is 7.98. The molecule has 1 unspecified atom stereocenters. The Labute approximate surface area is 127 Å². The predicted molar refractivity (Wildman–Crippen MR) is 87.4 cm³/mol. The molecule has 0 aromatic heterocycles. The minimum atomic E-state index is 0.367. The minimum absolute atomic E-state index is 0.367. The lowest BCUT2D eigenvalue weighted by Gasteiger charge is -2.38. The number of hydrogen-bond donors (Lipinski definition) is 1. The van der Waals surface area contributed by atoms with Gasteiger partial charge in [0.15, 0.2) is 0 Å². The van der Waals surface area contributed by atoms with E-state index >= 15 is 0 Å². The summed E-state index contributed by atoms with van der Waals surface area (Å²) in [7, 11) is 0. The van der Waals surface area contributed by atoms with Crippen LogP contribution < -0.4 is 0 Å². The van der Waals surface area contributed by atoms with Gasteiger partial charge in [0, 0.05) is 38.8 Å². The van der Waals surface area contributed by atoms with Crippen LogP contribution in [0.2, 0.25) is 0 Å². The number of piperazine rings is 1. The fraction of sp³-hybridized carbons (Fsp3) is 0.625. The topological polar surface area (TPSA) is 26.7 Å². The highest BCUT2D eigenvalue weighted by atomic mass is 32.2. The van der Waals surface area contributed by atoms with Gasteiger partial charge < -0.3 is 5.11 Å². The monoisotopic (exact) mass is 294 g/mol. The Morgan fingerprint density at radius 1 is 1.25 bits per heavy atom. The van der Waals surface area contributed by atoms with Crippen molar-refractivity contribution in [1.29, 1.82) is 0 Å². The highest BCUT2D eigenvalue weighted by Gasteiger charge is 2.20. The van der Waals surface area contributed by atoms with E-state index in [0.717, 1.165) is 32.7 Å². The second-order valence-electron chi connectivity index (χ2n) is 5.61. The molecule has 20 heavy (non-hydrogen) atoms. The Morgan fingerprint density at radius 2 is 2.00 bits per heavy atom. The van der Waals surface area contributed by atoms with E-state index in [0.29, 0.717) is 11.8 Å². The second-order valence-corrected chi connectivity index (χ2v) is 6.60. The molecule has 1 atom stereocenters. The average Bonchev–Trinajstić information content (AvgIpc) is 2.45. The number of thioether (sulfide) groups is 1. The Kier molecular flexibility index (Phi) is 6.20. The summed E-state index contributed by atoms with van der Waals surface area (Å²) in [6.45, 7) is 7.86. The maximum Gasteiger partial charge on any atom is 0.115 e. The Bertz CT molecular complexity index is 405. The molecule has 1 saturated heterocycles. The first-order valence-corrected chi connectivity index (χ1v) is 8.81. The van der Waals surface area contributed by atoms with E-state index in [1.54, 1.807) is 6.07 Å². The van der Waals surface area contributed by atoms with Gasteiger partial charge in [0.2, 0.25) is 0 Å². The fourth-order valence-corrected chi connectivity index (χ4v) is 3.32. The molecule has 1 N–H and O–H groups in total. The number of benzene rings is 1. The molecule has 1 aliphatic rings. The average molecular weight is 294 g/mol. The molecule has 0 spiro atoms. The van der Waals surface area contributed by atoms with Crippen LogP contribution in [0.3, 0.4) is 0 Å². The molecule has 0 radical (unpaired) electrons. The summed E-state index contributed by atoms with van der Waals surface area (Å²) in [6.07, 6.45) is 3.47. The van der Waals surface area contributed by atoms with Crippen molar-refractivity contribution in [2.24, 2.45) is 0 Å². The summed E-state index contributed by atoms with van der Waals surface area (Å²) in [4.78, 5) is 5.09. The Balaban J connectivity index is 1.76. The van der Waals surface area contributed by atoms with Crippen LogP contribution in [0.5, 0.6) is 5.75 Å². The highest BCUT2D eigenvalue weighted by Crippen LogP contribution is 2.16. The van der Waals surface area contributed by atoms with Gasteiger partial charge in [-0.3, -0.25) is 9.80 Å². The van der Waals surface area contributed by atoms with Gasteiger partial charge in [0.25, 0.3) is 0 Å². The minimum Gasteiger partial charge on any atom is -0.508 e. The first kappa shape index (κ1) is 15.7. The normalized spacial score (nSPS) is 19.1. The van der Waals surface area contributed by atoms with Crippen LogP contribution in [0.25, 0.3) is 0 Å². The van der Waals surface area contributed by atoms with Crippen molar-refractivity contribution in [3.63, 3.8) is 0 Å². The summed E-state index contributed by atoms with van der Waals surface area (Å²) < 4.78 is 0. The molecule has 4 heteroatoms. The van der Waals surface area contributed by atoms with Gasteiger partial charge in [-0.25, -0.2) is 0 Å². The third kappa shape index (κ3) is 4.69. The van der Waals surface area contributed by atoms with Crippen LogP contribution in [0.4, 0.5) is 0 Å². The molecular formula is C16H26N2OS. The third-order valence-corrected chi connectivity index (χ3v) is 4.73. The summed E-state index contributed by atoms with van der Waals surface area (Å²) >= 11 is 1.94. The summed E-state index contributed by atoms with van der Waals surface area (Å²) in [5, 5.41) is 9.51. The maximum absolute atomic E-state index is 9.51. The molecule has 1 aliphatic heterocycles. The molecule has 3 nitrogen and oxygen atoms in total. The zero-order chi connectivity index (χ0) is 14.4. The van der Waals surface area contributed by atoms with Gasteiger partial charge in [0.1, 0.15) is 5.75 Å². The van der Waals surface area contributed by atoms with Crippen LogP contribution in [0.1, 0.15) is 18.9 Å². The van der Waals surface area contributed by atoms with Gasteiger partial charge >= 0.3 is 0 Å². The van der Waals surface area contributed by atoms with E-state index in [9.17, 15) is 5.11 Å². The molecule has 1 heterocycles. The Morgan fingerprint density at radius 3 is 2.65 bits per heavy atom. The van der Waals surface area contributed by atoms with Crippen LogP contribution in [-0.2, 0) is 6.54 Å². The molecule has 1 fully saturated rings. The molecule has 0 amide bonds. The summed E-state index contributed by atoms with van der Waals surface area (Å²) in [5.41, 5.74) is 1.20. The van der Waals surface area contributed by atoms with Crippen molar-refractivity contribution in [1.82, 2.24) is 9.80 Å². The SMILES string of the molecule is CSCCC(C)N1CCN(Cc2cccc(O)c2)CC1. The van der Waals surface area contributed by atoms with E-state index in [2.05, 4.69) is 29.0 Å². The molecular weight excluding hydrogens is 268 g/mol. The quantitative estimate of drug-likeness (QED) is 0.872. The third-order valence-electron chi connectivity index (χ3n) is 4.09. The van der Waals surface area contributed by atoms with Crippen molar-refractivity contribution in [2.45, 2.75) is 25.9 Å². The fourth-order valence-electron chi connectivity index (χ4n) is 2.75. The zero-order valence-corrected chi connectivity index (χ0v) is 13.4. The van der Waals surface area contributed by atoms with Crippen molar-refractivity contribution >= 4 is 11.8 Å². The zero-order valence-electron chi connectivity index (χ0n) is 12.6. The maximum atomic E-state index is 9.51. The predicted octanol–water partition coefficient (Wildman–Crippen LogP) is 2.65. The number of phenols is 1. The van der Waals surface area contributed by atoms with Crippen LogP contribution in [0, 0.1) is 0 Å². The van der Waals surface area contributed by atoms with Gasteiger partial charge in [-0.1, -0.05) is 12.1 Å². The molecule has 112 valence electrons. The summed E-state index contributed by atoms with van der Waals surface area (Å²) in [5.74, 6) is 1.62. The lowest BCUT2D eigenvalue weighted by molar-refractivity contribution is 0.0967. The molecule has 0 saturated carbocycles. The van der Waals surface area contributed by atoms with Crippen LogP contribution in [0.15, 0.2) is 24.3 Å². The van der Waals surface area contributed by atoms with E-state index < -0.39 is 0 Å². The largest absolute Gasteiger partial charge is 0.508 e. The number of rotatable bonds is 6. The first-order chi connectivity index (χ1) is 9.69. The van der Waals surface area contributed by atoms with Gasteiger partial charge in [-0.2, -0.15) is 11.8 Å². The van der Waals surface area contributed by atoms with Gasteiger partial charge in [0.05, 0.1) is 0 Å². The smallest absolute Gasteiger partial charge is 0.115 e. The molecule has 2 rings (SSSR count). The van der Waals surface area contributed by atoms with E-state index in [1.807, 2.05) is 23.9 Å². The van der Waals surface area contributed by atoms with Gasteiger partial charge in [-0.05, 0) is 43.0 Å².